The maximum Gasteiger partial charge on any atom is 0.191 e. The molecule has 130 valence electrons. The fourth-order valence-electron chi connectivity index (χ4n) is 2.32. The van der Waals surface area contributed by atoms with Gasteiger partial charge in [-0.2, -0.15) is 0 Å². The van der Waals surface area contributed by atoms with Gasteiger partial charge in [-0.1, -0.05) is 51.4 Å². The lowest BCUT2D eigenvalue weighted by Gasteiger charge is -2.10. The minimum absolute atomic E-state index is 0.602. The van der Waals surface area contributed by atoms with Gasteiger partial charge >= 0.3 is 0 Å². The van der Waals surface area contributed by atoms with Crippen LogP contribution in [0.15, 0.2) is 58.2 Å². The van der Waals surface area contributed by atoms with E-state index < -0.39 is 0 Å². The van der Waals surface area contributed by atoms with Crippen LogP contribution in [-0.2, 0) is 17.0 Å². The van der Waals surface area contributed by atoms with Gasteiger partial charge in [0.15, 0.2) is 11.0 Å². The van der Waals surface area contributed by atoms with E-state index in [4.69, 9.17) is 16.3 Å². The highest BCUT2D eigenvalue weighted by molar-refractivity contribution is 9.10. The fraction of sp³-hybridized carbons (Fsp3) is 0.222. The minimum atomic E-state index is 0.602. The molecule has 0 spiro atoms. The first-order valence-corrected chi connectivity index (χ1v) is 9.88. The van der Waals surface area contributed by atoms with Gasteiger partial charge < -0.3 is 4.74 Å². The second-order valence-corrected chi connectivity index (χ2v) is 7.67. The number of hydrogen-bond acceptors (Lipinski definition) is 4. The van der Waals surface area contributed by atoms with Crippen molar-refractivity contribution in [3.63, 3.8) is 0 Å². The Morgan fingerprint density at radius 2 is 1.80 bits per heavy atom. The van der Waals surface area contributed by atoms with E-state index in [9.17, 15) is 0 Å². The molecule has 7 heteroatoms. The number of halogens is 2. The van der Waals surface area contributed by atoms with E-state index in [1.807, 2.05) is 36.4 Å². The van der Waals surface area contributed by atoms with Gasteiger partial charge in [0.1, 0.15) is 0 Å². The molecule has 0 bridgehead atoms. The molecule has 1 aromatic heterocycles. The van der Waals surface area contributed by atoms with Crippen molar-refractivity contribution in [2.45, 2.75) is 17.5 Å². The standard InChI is InChI=1S/C18H17BrClN3OS/c1-24-11-10-23-17(14-4-8-16(20)9-5-14)21-22-18(23)25-12-13-2-6-15(19)7-3-13/h2-9H,10-12H2,1H3. The smallest absolute Gasteiger partial charge is 0.191 e. The summed E-state index contributed by atoms with van der Waals surface area (Å²) in [5.41, 5.74) is 2.23. The molecule has 0 unspecified atom stereocenters. The summed E-state index contributed by atoms with van der Waals surface area (Å²) in [6, 6.07) is 15.9. The van der Waals surface area contributed by atoms with Gasteiger partial charge in [0, 0.05) is 27.9 Å². The van der Waals surface area contributed by atoms with Gasteiger partial charge in [-0.15, -0.1) is 10.2 Å². The lowest BCUT2D eigenvalue weighted by atomic mass is 10.2. The van der Waals surface area contributed by atoms with Crippen LogP contribution in [0.5, 0.6) is 0 Å². The van der Waals surface area contributed by atoms with Gasteiger partial charge in [-0.05, 0) is 42.0 Å². The summed E-state index contributed by atoms with van der Waals surface area (Å²) >= 11 is 11.1. The summed E-state index contributed by atoms with van der Waals surface area (Å²) in [4.78, 5) is 0. The molecule has 4 nitrogen and oxygen atoms in total. The Morgan fingerprint density at radius 3 is 2.48 bits per heavy atom. The highest BCUT2D eigenvalue weighted by Crippen LogP contribution is 2.27. The van der Waals surface area contributed by atoms with E-state index >= 15 is 0 Å². The van der Waals surface area contributed by atoms with Crippen molar-refractivity contribution in [2.24, 2.45) is 0 Å². The normalized spacial score (nSPS) is 11.0. The minimum Gasteiger partial charge on any atom is -0.383 e. The van der Waals surface area contributed by atoms with Crippen LogP contribution in [-0.4, -0.2) is 28.5 Å². The summed E-state index contributed by atoms with van der Waals surface area (Å²) in [5.74, 6) is 1.66. The summed E-state index contributed by atoms with van der Waals surface area (Å²) in [5, 5.41) is 10.3. The van der Waals surface area contributed by atoms with Crippen molar-refractivity contribution >= 4 is 39.3 Å². The molecule has 1 heterocycles. The number of rotatable bonds is 7. The summed E-state index contributed by atoms with van der Waals surface area (Å²) in [7, 11) is 1.70. The quantitative estimate of drug-likeness (QED) is 0.469. The van der Waals surface area contributed by atoms with Gasteiger partial charge in [-0.3, -0.25) is 4.57 Å². The third kappa shape index (κ3) is 4.85. The molecule has 2 aromatic carbocycles. The highest BCUT2D eigenvalue weighted by atomic mass is 79.9. The fourth-order valence-corrected chi connectivity index (χ4v) is 3.63. The Balaban J connectivity index is 1.82. The molecule has 0 aliphatic carbocycles. The molecule has 0 saturated heterocycles. The van der Waals surface area contributed by atoms with Crippen LogP contribution in [0.3, 0.4) is 0 Å². The highest BCUT2D eigenvalue weighted by Gasteiger charge is 2.14. The first-order chi connectivity index (χ1) is 12.2. The molecule has 0 aliphatic heterocycles. The van der Waals surface area contributed by atoms with Crippen LogP contribution in [0.1, 0.15) is 5.56 Å². The van der Waals surface area contributed by atoms with Crippen LogP contribution in [0, 0.1) is 0 Å². The topological polar surface area (TPSA) is 39.9 Å². The van der Waals surface area contributed by atoms with Crippen LogP contribution in [0.25, 0.3) is 11.4 Å². The molecular weight excluding hydrogens is 422 g/mol. The maximum absolute atomic E-state index is 5.99. The van der Waals surface area contributed by atoms with E-state index in [0.717, 1.165) is 26.8 Å². The van der Waals surface area contributed by atoms with Crippen LogP contribution >= 0.6 is 39.3 Å². The van der Waals surface area contributed by atoms with Crippen LogP contribution < -0.4 is 0 Å². The van der Waals surface area contributed by atoms with Gasteiger partial charge in [-0.25, -0.2) is 0 Å². The zero-order valence-electron chi connectivity index (χ0n) is 13.7. The maximum atomic E-state index is 5.99. The van der Waals surface area contributed by atoms with Crippen molar-refractivity contribution in [1.82, 2.24) is 14.8 Å². The van der Waals surface area contributed by atoms with Crippen LogP contribution in [0.2, 0.25) is 5.02 Å². The zero-order valence-corrected chi connectivity index (χ0v) is 16.8. The number of nitrogens with zero attached hydrogens (tertiary/aromatic N) is 3. The number of hydrogen-bond donors (Lipinski definition) is 0. The average Bonchev–Trinajstić information content (AvgIpc) is 3.03. The summed E-state index contributed by atoms with van der Waals surface area (Å²) < 4.78 is 8.42. The molecule has 0 fully saturated rings. The Hall–Kier alpha value is -1.34. The number of methoxy groups -OCH3 is 1. The average molecular weight is 439 g/mol. The molecule has 0 amide bonds. The molecule has 0 aliphatic rings. The van der Waals surface area contributed by atoms with Crippen molar-refractivity contribution in [2.75, 3.05) is 13.7 Å². The molecular formula is C18H17BrClN3OS. The Kier molecular flexibility index (Phi) is 6.53. The SMILES string of the molecule is COCCn1c(SCc2ccc(Br)cc2)nnc1-c1ccc(Cl)cc1. The Labute approximate surface area is 164 Å². The zero-order chi connectivity index (χ0) is 17.6. The van der Waals surface area contributed by atoms with E-state index in [-0.39, 0.29) is 0 Å². The van der Waals surface area contributed by atoms with E-state index in [1.54, 1.807) is 18.9 Å². The van der Waals surface area contributed by atoms with Gasteiger partial charge in [0.25, 0.3) is 0 Å². The van der Waals surface area contributed by atoms with Crippen molar-refractivity contribution in [3.05, 3.63) is 63.6 Å². The molecule has 0 radical (unpaired) electrons. The molecule has 25 heavy (non-hydrogen) atoms. The number of ether oxygens (including phenoxy) is 1. The van der Waals surface area contributed by atoms with Crippen molar-refractivity contribution in [3.8, 4) is 11.4 Å². The second kappa shape index (κ2) is 8.85. The molecule has 3 aromatic rings. The third-order valence-electron chi connectivity index (χ3n) is 3.62. The summed E-state index contributed by atoms with van der Waals surface area (Å²) in [6.07, 6.45) is 0. The number of thioether (sulfide) groups is 1. The van der Waals surface area contributed by atoms with Gasteiger partial charge in [0.05, 0.1) is 13.2 Å². The largest absolute Gasteiger partial charge is 0.383 e. The van der Waals surface area contributed by atoms with Crippen molar-refractivity contribution in [1.29, 1.82) is 0 Å². The van der Waals surface area contributed by atoms with Crippen LogP contribution in [0.4, 0.5) is 0 Å². The molecule has 0 atom stereocenters. The first kappa shape index (κ1) is 18.5. The Bertz CT molecular complexity index is 821. The molecule has 0 saturated carbocycles. The number of aromatic nitrogens is 3. The lowest BCUT2D eigenvalue weighted by Crippen LogP contribution is -2.07. The van der Waals surface area contributed by atoms with Gasteiger partial charge in [0.2, 0.25) is 0 Å². The third-order valence-corrected chi connectivity index (χ3v) is 5.44. The first-order valence-electron chi connectivity index (χ1n) is 7.72. The predicted molar refractivity (Wildman–Crippen MR) is 106 cm³/mol. The monoisotopic (exact) mass is 437 g/mol. The van der Waals surface area contributed by atoms with E-state index in [1.165, 1.54) is 5.56 Å². The van der Waals surface area contributed by atoms with E-state index in [2.05, 4.69) is 42.8 Å². The Morgan fingerprint density at radius 1 is 1.08 bits per heavy atom. The van der Waals surface area contributed by atoms with E-state index in [0.29, 0.717) is 18.2 Å². The summed E-state index contributed by atoms with van der Waals surface area (Å²) in [6.45, 7) is 1.30. The predicted octanol–water partition coefficient (Wildman–Crippen LogP) is 5.30. The lowest BCUT2D eigenvalue weighted by molar-refractivity contribution is 0.185. The molecule has 3 rings (SSSR count). The number of benzene rings is 2. The van der Waals surface area contributed by atoms with Crippen molar-refractivity contribution < 1.29 is 4.74 Å². The molecule has 0 N–H and O–H groups in total. The second-order valence-electron chi connectivity index (χ2n) is 5.37.